The van der Waals surface area contributed by atoms with Gasteiger partial charge in [-0.3, -0.25) is 14.8 Å². The first kappa shape index (κ1) is 20.0. The Labute approximate surface area is 187 Å². The lowest BCUT2D eigenvalue weighted by Gasteiger charge is -2.10. The highest BCUT2D eigenvalue weighted by Gasteiger charge is 2.14. The van der Waals surface area contributed by atoms with Crippen LogP contribution in [0.1, 0.15) is 16.1 Å². The van der Waals surface area contributed by atoms with Crippen molar-refractivity contribution < 1.29 is 9.18 Å². The molecule has 0 radical (unpaired) electrons. The van der Waals surface area contributed by atoms with E-state index < -0.39 is 5.82 Å². The van der Waals surface area contributed by atoms with Gasteiger partial charge in [0.1, 0.15) is 10.8 Å². The predicted octanol–water partition coefficient (Wildman–Crippen LogP) is 6.12. The number of aryl methyl sites for hydroxylation is 1. The minimum absolute atomic E-state index is 0.322. The van der Waals surface area contributed by atoms with Gasteiger partial charge in [0.05, 0.1) is 16.8 Å². The number of fused-ring (bicyclic) bond motifs is 1. The van der Waals surface area contributed by atoms with Crippen LogP contribution in [0.2, 0.25) is 0 Å². The summed E-state index contributed by atoms with van der Waals surface area (Å²) in [7, 11) is 0. The minimum Gasteiger partial charge on any atom is -0.322 e. The standard InChI is InChI=1S/C25H17FN4OS/c1-15-10-21(20-12-18(26)7-8-22(20)28-15)24(31)29-19-6-2-4-16(11-19)23-14-32-25(30-23)17-5-3-9-27-13-17/h2-14H,1H3,(H,29,31). The van der Waals surface area contributed by atoms with Gasteiger partial charge in [-0.2, -0.15) is 0 Å². The van der Waals surface area contributed by atoms with Crippen molar-refractivity contribution in [3.05, 3.63) is 95.5 Å². The molecule has 0 atom stereocenters. The van der Waals surface area contributed by atoms with E-state index in [1.54, 1.807) is 24.5 Å². The van der Waals surface area contributed by atoms with Crippen molar-refractivity contribution in [3.8, 4) is 21.8 Å². The summed E-state index contributed by atoms with van der Waals surface area (Å²) in [5.74, 6) is -0.732. The molecular formula is C25H17FN4OS. The summed E-state index contributed by atoms with van der Waals surface area (Å²) >= 11 is 1.54. The van der Waals surface area contributed by atoms with E-state index in [4.69, 9.17) is 4.98 Å². The number of carbonyl (C=O) groups is 1. The maximum atomic E-state index is 13.8. The summed E-state index contributed by atoms with van der Waals surface area (Å²) in [6.45, 7) is 1.81. The van der Waals surface area contributed by atoms with Crippen LogP contribution >= 0.6 is 11.3 Å². The second kappa shape index (κ2) is 8.28. The first-order valence-corrected chi connectivity index (χ1v) is 10.8. The third-order valence-electron chi connectivity index (χ3n) is 4.97. The fourth-order valence-electron chi connectivity index (χ4n) is 3.50. The molecule has 0 unspecified atom stereocenters. The van der Waals surface area contributed by atoms with Crippen LogP contribution < -0.4 is 5.32 Å². The van der Waals surface area contributed by atoms with Gasteiger partial charge >= 0.3 is 0 Å². The fourth-order valence-corrected chi connectivity index (χ4v) is 4.32. The number of pyridine rings is 2. The topological polar surface area (TPSA) is 67.8 Å². The van der Waals surface area contributed by atoms with Gasteiger partial charge in [0.15, 0.2) is 0 Å². The Morgan fingerprint density at radius 1 is 1.00 bits per heavy atom. The van der Waals surface area contributed by atoms with Gasteiger partial charge in [-0.25, -0.2) is 9.37 Å². The molecule has 0 saturated carbocycles. The van der Waals surface area contributed by atoms with E-state index in [2.05, 4.69) is 15.3 Å². The number of anilines is 1. The van der Waals surface area contributed by atoms with E-state index in [1.165, 1.54) is 23.5 Å². The molecule has 0 saturated heterocycles. The van der Waals surface area contributed by atoms with Gasteiger partial charge in [-0.1, -0.05) is 12.1 Å². The maximum absolute atomic E-state index is 13.8. The van der Waals surface area contributed by atoms with Crippen molar-refractivity contribution >= 4 is 33.8 Å². The molecule has 5 aromatic rings. The van der Waals surface area contributed by atoms with Gasteiger partial charge in [0.25, 0.3) is 5.91 Å². The molecular weight excluding hydrogens is 423 g/mol. The molecule has 0 aliphatic carbocycles. The van der Waals surface area contributed by atoms with Crippen LogP contribution in [-0.4, -0.2) is 20.9 Å². The number of hydrogen-bond donors (Lipinski definition) is 1. The number of carbonyl (C=O) groups excluding carboxylic acids is 1. The molecule has 0 bridgehead atoms. The van der Waals surface area contributed by atoms with E-state index in [-0.39, 0.29) is 5.91 Å². The number of rotatable bonds is 4. The van der Waals surface area contributed by atoms with Gasteiger partial charge in [0, 0.05) is 45.7 Å². The van der Waals surface area contributed by atoms with E-state index >= 15 is 0 Å². The molecule has 1 N–H and O–H groups in total. The molecule has 0 aliphatic rings. The zero-order valence-corrected chi connectivity index (χ0v) is 17.9. The van der Waals surface area contributed by atoms with Crippen molar-refractivity contribution in [3.63, 3.8) is 0 Å². The third-order valence-corrected chi connectivity index (χ3v) is 5.86. The third kappa shape index (κ3) is 3.98. The first-order valence-electron chi connectivity index (χ1n) is 9.91. The van der Waals surface area contributed by atoms with Crippen LogP contribution in [0.4, 0.5) is 10.1 Å². The molecule has 5 nitrogen and oxygen atoms in total. The normalized spacial score (nSPS) is 10.9. The lowest BCUT2D eigenvalue weighted by atomic mass is 10.1. The molecule has 1 amide bonds. The molecule has 0 spiro atoms. The average Bonchev–Trinajstić information content (AvgIpc) is 3.30. The SMILES string of the molecule is Cc1cc(C(=O)Nc2cccc(-c3csc(-c4cccnc4)n3)c2)c2cc(F)ccc2n1. The molecule has 3 heterocycles. The summed E-state index contributed by atoms with van der Waals surface area (Å²) < 4.78 is 13.8. The molecule has 3 aromatic heterocycles. The zero-order valence-electron chi connectivity index (χ0n) is 17.0. The summed E-state index contributed by atoms with van der Waals surface area (Å²) in [6.07, 6.45) is 3.51. The molecule has 32 heavy (non-hydrogen) atoms. The monoisotopic (exact) mass is 440 g/mol. The highest BCUT2D eigenvalue weighted by molar-refractivity contribution is 7.13. The van der Waals surface area contributed by atoms with Crippen LogP contribution in [0.3, 0.4) is 0 Å². The van der Waals surface area contributed by atoms with E-state index in [0.29, 0.717) is 27.8 Å². The highest BCUT2D eigenvalue weighted by Crippen LogP contribution is 2.30. The first-order chi connectivity index (χ1) is 15.6. The average molecular weight is 441 g/mol. The number of aromatic nitrogens is 3. The molecule has 5 rings (SSSR count). The van der Waals surface area contributed by atoms with Crippen molar-refractivity contribution in [2.75, 3.05) is 5.32 Å². The number of nitrogens with zero attached hydrogens (tertiary/aromatic N) is 3. The van der Waals surface area contributed by atoms with Gasteiger partial charge < -0.3 is 5.32 Å². The Morgan fingerprint density at radius 3 is 2.72 bits per heavy atom. The minimum atomic E-state index is -0.410. The number of amides is 1. The van der Waals surface area contributed by atoms with Crippen LogP contribution in [0.5, 0.6) is 0 Å². The number of benzene rings is 2. The molecule has 0 aliphatic heterocycles. The summed E-state index contributed by atoms with van der Waals surface area (Å²) in [6, 6.07) is 17.3. The molecule has 0 fully saturated rings. The molecule has 156 valence electrons. The van der Waals surface area contributed by atoms with E-state index in [9.17, 15) is 9.18 Å². The van der Waals surface area contributed by atoms with Crippen LogP contribution in [0.25, 0.3) is 32.7 Å². The van der Waals surface area contributed by atoms with Crippen LogP contribution in [-0.2, 0) is 0 Å². The Kier molecular flexibility index (Phi) is 5.17. The van der Waals surface area contributed by atoms with Crippen molar-refractivity contribution in [1.82, 2.24) is 15.0 Å². The van der Waals surface area contributed by atoms with Crippen LogP contribution in [0, 0.1) is 12.7 Å². The summed E-state index contributed by atoms with van der Waals surface area (Å²) in [5, 5.41) is 6.25. The molecule has 7 heteroatoms. The van der Waals surface area contributed by atoms with Gasteiger partial charge in [-0.05, 0) is 55.5 Å². The number of halogens is 1. The Balaban J connectivity index is 1.44. The lowest BCUT2D eigenvalue weighted by Crippen LogP contribution is -2.13. The number of nitrogens with one attached hydrogen (secondary N) is 1. The Hall–Kier alpha value is -3.97. The smallest absolute Gasteiger partial charge is 0.256 e. The Bertz CT molecular complexity index is 1450. The molecule has 2 aromatic carbocycles. The van der Waals surface area contributed by atoms with E-state index in [1.807, 2.05) is 48.7 Å². The summed E-state index contributed by atoms with van der Waals surface area (Å²) in [5.41, 5.74) is 4.94. The lowest BCUT2D eigenvalue weighted by molar-refractivity contribution is 0.102. The summed E-state index contributed by atoms with van der Waals surface area (Å²) in [4.78, 5) is 26.3. The van der Waals surface area contributed by atoms with Crippen molar-refractivity contribution in [2.24, 2.45) is 0 Å². The van der Waals surface area contributed by atoms with E-state index in [0.717, 1.165) is 21.8 Å². The van der Waals surface area contributed by atoms with Crippen LogP contribution in [0.15, 0.2) is 78.4 Å². The van der Waals surface area contributed by atoms with Gasteiger partial charge in [-0.15, -0.1) is 11.3 Å². The second-order valence-corrected chi connectivity index (χ2v) is 8.15. The quantitative estimate of drug-likeness (QED) is 0.366. The van der Waals surface area contributed by atoms with Crippen molar-refractivity contribution in [2.45, 2.75) is 6.92 Å². The second-order valence-electron chi connectivity index (χ2n) is 7.29. The fraction of sp³-hybridized carbons (Fsp3) is 0.0400. The maximum Gasteiger partial charge on any atom is 0.256 e. The number of thiazole rings is 1. The Morgan fingerprint density at radius 2 is 1.88 bits per heavy atom. The van der Waals surface area contributed by atoms with Gasteiger partial charge in [0.2, 0.25) is 0 Å². The zero-order chi connectivity index (χ0) is 22.1. The highest BCUT2D eigenvalue weighted by atomic mass is 32.1. The largest absolute Gasteiger partial charge is 0.322 e. The van der Waals surface area contributed by atoms with Crippen molar-refractivity contribution in [1.29, 1.82) is 0 Å². The number of hydrogen-bond acceptors (Lipinski definition) is 5. The predicted molar refractivity (Wildman–Crippen MR) is 125 cm³/mol.